The minimum Gasteiger partial charge on any atom is -0.493 e. The number of hydrogen-bond donors (Lipinski definition) is 2. The summed E-state index contributed by atoms with van der Waals surface area (Å²) in [6.45, 7) is 25.6. The first-order chi connectivity index (χ1) is 61.6. The molecule has 24 nitrogen and oxygen atoms in total. The number of nitrogens with zero attached hydrogens (tertiary/aromatic N) is 11. The molecule has 0 bridgehead atoms. The highest BCUT2D eigenvalue weighted by Gasteiger charge is 2.41. The van der Waals surface area contributed by atoms with E-state index in [9.17, 15) is 19.2 Å². The summed E-state index contributed by atoms with van der Waals surface area (Å²) in [4.78, 5) is 80.6. The average Bonchev–Trinajstić information content (AvgIpc) is 1.62. The maximum Gasteiger partial charge on any atom is 0.256 e. The van der Waals surface area contributed by atoms with Crippen LogP contribution in [0.3, 0.4) is 0 Å². The third kappa shape index (κ3) is 19.9. The third-order valence-electron chi connectivity index (χ3n) is 26.6. The highest BCUT2D eigenvalue weighted by molar-refractivity contribution is 6.02. The number of carbonyl (C=O) groups excluding carboxylic acids is 4. The Kier molecular flexibility index (Phi) is 29.4. The number of fused-ring (bicyclic) bond motifs is 4. The van der Waals surface area contributed by atoms with Gasteiger partial charge >= 0.3 is 0 Å². The van der Waals surface area contributed by atoms with Gasteiger partial charge in [-0.15, -0.1) is 0 Å². The van der Waals surface area contributed by atoms with Crippen molar-refractivity contribution < 1.29 is 52.1 Å². The number of pyridine rings is 1. The van der Waals surface area contributed by atoms with Crippen molar-refractivity contribution >= 4 is 46.5 Å². The van der Waals surface area contributed by atoms with Gasteiger partial charge in [0, 0.05) is 173 Å². The Balaban J connectivity index is 0.000000147. The van der Waals surface area contributed by atoms with Crippen molar-refractivity contribution in [3.8, 4) is 34.5 Å². The second-order valence-electron chi connectivity index (χ2n) is 33.5. The number of piperazine rings is 3. The lowest BCUT2D eigenvalue weighted by molar-refractivity contribution is 0.0681. The molecule has 17 rings (SSSR count). The smallest absolute Gasteiger partial charge is 0.256 e. The fourth-order valence-corrected chi connectivity index (χ4v) is 19.3. The number of aryl methyl sites for hydroxylation is 4. The zero-order chi connectivity index (χ0) is 87.7. The van der Waals surface area contributed by atoms with E-state index in [1.165, 1.54) is 34.3 Å². The normalized spacial score (nSPS) is 16.7. The number of rotatable bonds is 31. The van der Waals surface area contributed by atoms with Crippen molar-refractivity contribution in [3.05, 3.63) is 272 Å². The van der Waals surface area contributed by atoms with Crippen LogP contribution in [-0.2, 0) is 38.9 Å². The zero-order valence-corrected chi connectivity index (χ0v) is 74.9. The maximum atomic E-state index is 14.1. The topological polar surface area (TPSA) is 216 Å². The molecule has 10 aromatic rings. The lowest BCUT2D eigenvalue weighted by Crippen LogP contribution is -2.47. The van der Waals surface area contributed by atoms with E-state index in [-0.39, 0.29) is 41.8 Å². The van der Waals surface area contributed by atoms with Crippen LogP contribution in [0.5, 0.6) is 34.5 Å². The lowest BCUT2D eigenvalue weighted by atomic mass is 9.97. The molecule has 4 atom stereocenters. The van der Waals surface area contributed by atoms with Crippen LogP contribution in [0.25, 0.3) is 0 Å². The molecule has 24 heteroatoms. The minimum absolute atomic E-state index is 0.0158. The Labute approximate surface area is 742 Å². The van der Waals surface area contributed by atoms with E-state index in [4.69, 9.17) is 37.9 Å². The Morgan fingerprint density at radius 3 is 1.34 bits per heavy atom. The quantitative estimate of drug-likeness (QED) is 0.0386. The number of benzene rings is 8. The van der Waals surface area contributed by atoms with Gasteiger partial charge in [-0.1, -0.05) is 122 Å². The Hall–Kier alpha value is -12.1. The summed E-state index contributed by atoms with van der Waals surface area (Å²) in [6, 6.07) is 62.0. The SMILES string of the molecule is CCN1CCN(c2cccc3c2CN([C@H](CCCc2ccccc2)c2ccc(OC)c(OC)c2)C3=O)CC1.CCN1CCN(c2cccc3c2CN([C@H](CCc2ccc4c(n2)NCCC4)c2ccc(OC)c(OC)c2)C3=O)CC1.COc1ccc([C@@H](CCCNC(=O)c2cnoc2C)N2Cc3c(cccc3N3CCN([C@H](C)c4ccccc4)CC3)C2=O)cc1OC. The predicted molar refractivity (Wildman–Crippen MR) is 495 cm³/mol. The van der Waals surface area contributed by atoms with Crippen molar-refractivity contribution in [3.63, 3.8) is 0 Å². The monoisotopic (exact) mass is 1710 g/mol. The van der Waals surface area contributed by atoms with E-state index in [0.29, 0.717) is 90.9 Å². The molecule has 2 N–H and O–H groups in total. The van der Waals surface area contributed by atoms with Crippen LogP contribution in [0.4, 0.5) is 22.9 Å². The molecule has 2 aromatic heterocycles. The molecule has 3 saturated heterocycles. The highest BCUT2D eigenvalue weighted by Crippen LogP contribution is 2.46. The summed E-state index contributed by atoms with van der Waals surface area (Å²) in [6.07, 6.45) is 9.29. The molecular formula is C102H123N13O11. The van der Waals surface area contributed by atoms with Crippen molar-refractivity contribution in [2.45, 2.75) is 129 Å². The Morgan fingerprint density at radius 1 is 0.468 bits per heavy atom. The lowest BCUT2D eigenvalue weighted by Gasteiger charge is -2.40. The Bertz CT molecular complexity index is 5380. The van der Waals surface area contributed by atoms with Gasteiger partial charge in [0.2, 0.25) is 0 Å². The molecule has 0 saturated carbocycles. The van der Waals surface area contributed by atoms with Crippen molar-refractivity contribution in [2.75, 3.05) is 167 Å². The molecule has 4 amide bonds. The fraction of sp³-hybridized carbons (Fsp3) is 0.412. The summed E-state index contributed by atoms with van der Waals surface area (Å²) in [5.74, 6) is 5.47. The summed E-state index contributed by atoms with van der Waals surface area (Å²) in [7, 11) is 9.84. The molecule has 0 spiro atoms. The molecule has 9 heterocycles. The molecule has 8 aromatic carbocycles. The van der Waals surface area contributed by atoms with Gasteiger partial charge in [-0.3, -0.25) is 24.1 Å². The van der Waals surface area contributed by atoms with Gasteiger partial charge in [-0.2, -0.15) is 0 Å². The molecule has 0 aliphatic carbocycles. The van der Waals surface area contributed by atoms with Gasteiger partial charge in [0.1, 0.15) is 17.1 Å². The summed E-state index contributed by atoms with van der Waals surface area (Å²) < 4.78 is 38.5. The van der Waals surface area contributed by atoms with Gasteiger partial charge in [0.05, 0.1) is 67.0 Å². The summed E-state index contributed by atoms with van der Waals surface area (Å²) in [5.41, 5.74) is 17.8. The number of likely N-dealkylation sites (N-methyl/N-ethyl adjacent to an activating group) is 2. The Morgan fingerprint density at radius 2 is 0.905 bits per heavy atom. The first-order valence-electron chi connectivity index (χ1n) is 45.0. The van der Waals surface area contributed by atoms with Crippen molar-refractivity contribution in [2.24, 2.45) is 0 Å². The highest BCUT2D eigenvalue weighted by atomic mass is 16.5. The number of hydrogen-bond acceptors (Lipinski definition) is 20. The molecular weight excluding hydrogens is 1580 g/mol. The molecule has 7 aliphatic heterocycles. The zero-order valence-electron chi connectivity index (χ0n) is 74.9. The second kappa shape index (κ2) is 41.8. The maximum absolute atomic E-state index is 14.1. The molecule has 0 unspecified atom stereocenters. The first-order valence-corrected chi connectivity index (χ1v) is 45.0. The number of methoxy groups -OCH3 is 6. The number of carbonyl (C=O) groups is 4. The second-order valence-corrected chi connectivity index (χ2v) is 33.5. The first kappa shape index (κ1) is 88.7. The van der Waals surface area contributed by atoms with Crippen LogP contribution in [0.2, 0.25) is 0 Å². The van der Waals surface area contributed by atoms with Crippen LogP contribution in [0.15, 0.2) is 193 Å². The van der Waals surface area contributed by atoms with Crippen LogP contribution < -0.4 is 53.8 Å². The number of ether oxygens (including phenoxy) is 6. The van der Waals surface area contributed by atoms with E-state index in [1.54, 1.807) is 49.6 Å². The van der Waals surface area contributed by atoms with Crippen molar-refractivity contribution in [1.29, 1.82) is 0 Å². The molecule has 0 radical (unpaired) electrons. The molecule has 7 aliphatic rings. The van der Waals surface area contributed by atoms with E-state index >= 15 is 0 Å². The van der Waals surface area contributed by atoms with Crippen LogP contribution >= 0.6 is 0 Å². The molecule has 126 heavy (non-hydrogen) atoms. The summed E-state index contributed by atoms with van der Waals surface area (Å²) in [5, 5.41) is 10.1. The van der Waals surface area contributed by atoms with Crippen LogP contribution in [-0.4, -0.2) is 211 Å². The molecule has 3 fully saturated rings. The predicted octanol–water partition coefficient (Wildman–Crippen LogP) is 16.3. The van der Waals surface area contributed by atoms with E-state index in [0.717, 1.165) is 210 Å². The largest absolute Gasteiger partial charge is 0.493 e. The van der Waals surface area contributed by atoms with Gasteiger partial charge in [-0.05, 0) is 197 Å². The van der Waals surface area contributed by atoms with Crippen LogP contribution in [0.1, 0.15) is 186 Å². The van der Waals surface area contributed by atoms with E-state index in [2.05, 4.69) is 174 Å². The number of anilines is 4. The van der Waals surface area contributed by atoms with E-state index in [1.807, 2.05) is 88.7 Å². The van der Waals surface area contributed by atoms with Gasteiger partial charge in [0.25, 0.3) is 23.6 Å². The van der Waals surface area contributed by atoms with Crippen LogP contribution in [0, 0.1) is 6.92 Å². The van der Waals surface area contributed by atoms with E-state index < -0.39 is 0 Å². The standard InChI is InChI=1S/C37H43N5O5.C33H41N5O3.C32H39N3O3/c1-25(27-10-6-5-7-11-27)40-18-20-41(21-19-40)33-13-8-12-29-31(33)24-42(37(29)44)32(28-15-16-34(45-3)35(22-28)46-4)14-9-17-38-36(43)30-23-39-47-26(30)2;1-4-36-17-19-37(20-18-36)29-9-5-8-26-27(29)22-38(33(26)39)28(24-11-15-30(40-2)31(21-24)41-3)14-13-25-12-10-23-7-6-16-34-32(23)35-25;1-4-33-18-20-34(21-19-33)29-15-9-13-26-27(29)23-35(32(26)36)28(14-8-12-24-10-6-5-7-11-24)25-16-17-30(37-2)31(22-25)38-3/h5-8,10-13,15-16,22-23,25,32H,9,14,17-21,24H2,1-4H3,(H,38,43);5,8-12,15,21,28H,4,6-7,13-14,16-20,22H2,1-3H3,(H,34,35);5-7,9-11,13,15-17,22,28H,4,8,12,14,18-21,23H2,1-3H3/t25-,32-;2*28-/m111/s1. The third-order valence-corrected chi connectivity index (χ3v) is 26.6. The number of nitrogens with one attached hydrogen (secondary N) is 2. The summed E-state index contributed by atoms with van der Waals surface area (Å²) >= 11 is 0. The van der Waals surface area contributed by atoms with Gasteiger partial charge in [-0.25, -0.2) is 4.98 Å². The number of aromatic nitrogens is 2. The average molecular weight is 1710 g/mol. The fourth-order valence-electron chi connectivity index (χ4n) is 19.3. The van der Waals surface area contributed by atoms with Crippen molar-refractivity contribution in [1.82, 2.24) is 44.9 Å². The van der Waals surface area contributed by atoms with Gasteiger partial charge < -0.3 is 82.8 Å². The molecule has 662 valence electrons. The van der Waals surface area contributed by atoms with Gasteiger partial charge in [0.15, 0.2) is 34.5 Å². The minimum atomic E-state index is -0.236. The number of amides is 4.